The molecule has 0 aromatic heterocycles. The predicted molar refractivity (Wildman–Crippen MR) is 109 cm³/mol. The second kappa shape index (κ2) is 9.74. The first-order valence-corrected chi connectivity index (χ1v) is 11.6. The van der Waals surface area contributed by atoms with Crippen LogP contribution in [0.1, 0.15) is 13.8 Å². The summed E-state index contributed by atoms with van der Waals surface area (Å²) < 4.78 is 58.6. The molecule has 0 amide bonds. The van der Waals surface area contributed by atoms with Crippen molar-refractivity contribution in [2.45, 2.75) is 29.7 Å². The Balaban J connectivity index is 0.00000341. The summed E-state index contributed by atoms with van der Waals surface area (Å²) in [6, 6.07) is 11.8. The third-order valence-electron chi connectivity index (χ3n) is 4.03. The van der Waals surface area contributed by atoms with Crippen molar-refractivity contribution >= 4 is 42.3 Å². The maximum Gasteiger partial charge on any atom is 1.00 e. The molecule has 0 fully saturated rings. The molecule has 0 saturated heterocycles. The van der Waals surface area contributed by atoms with Crippen LogP contribution >= 0.6 is 0 Å². The van der Waals surface area contributed by atoms with Crippen molar-refractivity contribution in [1.29, 1.82) is 0 Å². The van der Waals surface area contributed by atoms with Crippen LogP contribution in [0.4, 0.5) is 11.4 Å². The fraction of sp³-hybridized carbons (Fsp3) is 0.158. The van der Waals surface area contributed by atoms with Crippen LogP contribution < -0.4 is 39.4 Å². The van der Waals surface area contributed by atoms with E-state index < -0.39 is 25.9 Å². The van der Waals surface area contributed by atoms with Crippen LogP contribution in [0.3, 0.4) is 0 Å². The molecule has 158 valence electrons. The average Bonchev–Trinajstić information content (AvgIpc) is 2.65. The van der Waals surface area contributed by atoms with E-state index in [2.05, 4.69) is 15.0 Å². The van der Waals surface area contributed by atoms with Crippen molar-refractivity contribution in [3.8, 4) is 5.75 Å². The van der Waals surface area contributed by atoms with Crippen LogP contribution in [-0.4, -0.2) is 27.4 Å². The summed E-state index contributed by atoms with van der Waals surface area (Å²) in [5.74, 6) is -0.425. The largest absolute Gasteiger partial charge is 1.00 e. The van der Waals surface area contributed by atoms with Gasteiger partial charge in [-0.15, -0.1) is 0 Å². The third-order valence-corrected chi connectivity index (χ3v) is 6.55. The van der Waals surface area contributed by atoms with Gasteiger partial charge >= 0.3 is 29.6 Å². The molecule has 0 bridgehead atoms. The molecule has 0 radical (unpaired) electrons. The minimum Gasteiger partial charge on any atom is -0.871 e. The molecule has 0 aliphatic carbocycles. The van der Waals surface area contributed by atoms with Gasteiger partial charge in [0.25, 0.3) is 10.1 Å². The van der Waals surface area contributed by atoms with Gasteiger partial charge in [-0.25, -0.2) is 13.1 Å². The molecule has 3 rings (SSSR count). The van der Waals surface area contributed by atoms with Gasteiger partial charge in [-0.2, -0.15) is 18.6 Å². The number of nitrogens with one attached hydrogen (secondary N) is 1. The third kappa shape index (κ3) is 6.10. The minimum atomic E-state index is -4.38. The molecule has 0 atom stereocenters. The number of azo groups is 1. The number of nitrogens with zero attached hydrogens (tertiary/aromatic N) is 2. The summed E-state index contributed by atoms with van der Waals surface area (Å²) in [7, 11) is -8.02. The maximum atomic E-state index is 12.2. The quantitative estimate of drug-likeness (QED) is 0.299. The van der Waals surface area contributed by atoms with Gasteiger partial charge in [0.05, 0.1) is 21.2 Å². The van der Waals surface area contributed by atoms with Crippen molar-refractivity contribution in [3.05, 3.63) is 54.6 Å². The molecule has 0 aliphatic heterocycles. The topological polar surface area (TPSA) is 148 Å². The van der Waals surface area contributed by atoms with Crippen molar-refractivity contribution in [2.24, 2.45) is 10.2 Å². The molecular formula is C19H18N3NaO6S2. The normalized spacial score (nSPS) is 12.4. The fourth-order valence-electron chi connectivity index (χ4n) is 2.71. The molecule has 31 heavy (non-hydrogen) atoms. The van der Waals surface area contributed by atoms with Gasteiger partial charge in [-0.3, -0.25) is 4.55 Å². The van der Waals surface area contributed by atoms with E-state index in [0.29, 0.717) is 16.5 Å². The zero-order chi connectivity index (χ0) is 22.1. The number of sulfonamides is 1. The minimum absolute atomic E-state index is 0. The van der Waals surface area contributed by atoms with E-state index >= 15 is 0 Å². The van der Waals surface area contributed by atoms with Gasteiger partial charge in [0.2, 0.25) is 10.0 Å². The van der Waals surface area contributed by atoms with E-state index in [0.717, 1.165) is 6.07 Å². The molecule has 0 saturated carbocycles. The Morgan fingerprint density at radius 2 is 1.52 bits per heavy atom. The van der Waals surface area contributed by atoms with Crippen molar-refractivity contribution in [1.82, 2.24) is 4.72 Å². The van der Waals surface area contributed by atoms with E-state index in [1.807, 2.05) is 0 Å². The number of hydrogen-bond acceptors (Lipinski definition) is 7. The zero-order valence-electron chi connectivity index (χ0n) is 17.0. The Hall–Kier alpha value is -1.86. The van der Waals surface area contributed by atoms with Gasteiger partial charge < -0.3 is 5.11 Å². The summed E-state index contributed by atoms with van der Waals surface area (Å²) in [5, 5.41) is 20.9. The second-order valence-electron chi connectivity index (χ2n) is 6.74. The molecule has 2 N–H and O–H groups in total. The maximum absolute atomic E-state index is 12.2. The summed E-state index contributed by atoms with van der Waals surface area (Å²) in [6.45, 7) is 3.42. The first-order chi connectivity index (χ1) is 14.0. The van der Waals surface area contributed by atoms with Crippen LogP contribution in [-0.2, 0) is 20.1 Å². The fourth-order valence-corrected chi connectivity index (χ4v) is 4.48. The smallest absolute Gasteiger partial charge is 0.871 e. The van der Waals surface area contributed by atoms with Crippen molar-refractivity contribution in [2.75, 3.05) is 0 Å². The van der Waals surface area contributed by atoms with Gasteiger partial charge in [0.15, 0.2) is 0 Å². The van der Waals surface area contributed by atoms with E-state index in [9.17, 15) is 26.5 Å². The average molecular weight is 471 g/mol. The molecule has 0 unspecified atom stereocenters. The monoisotopic (exact) mass is 471 g/mol. The van der Waals surface area contributed by atoms with E-state index in [1.54, 1.807) is 13.8 Å². The number of hydrogen-bond donors (Lipinski definition) is 2. The van der Waals surface area contributed by atoms with Crippen LogP contribution in [0.5, 0.6) is 5.75 Å². The van der Waals surface area contributed by atoms with Crippen molar-refractivity contribution in [3.63, 3.8) is 0 Å². The zero-order valence-corrected chi connectivity index (χ0v) is 20.6. The molecule has 0 spiro atoms. The van der Waals surface area contributed by atoms with Crippen LogP contribution in [0.2, 0.25) is 0 Å². The summed E-state index contributed by atoms with van der Waals surface area (Å²) >= 11 is 0. The van der Waals surface area contributed by atoms with Gasteiger partial charge in [-0.1, -0.05) is 23.9 Å². The Morgan fingerprint density at radius 1 is 0.903 bits per heavy atom. The van der Waals surface area contributed by atoms with Gasteiger partial charge in [-0.05, 0) is 55.6 Å². The first kappa shape index (κ1) is 25.4. The van der Waals surface area contributed by atoms with E-state index in [4.69, 9.17) is 0 Å². The predicted octanol–water partition coefficient (Wildman–Crippen LogP) is 0.266. The van der Waals surface area contributed by atoms with Gasteiger partial charge in [0.1, 0.15) is 0 Å². The van der Waals surface area contributed by atoms with Crippen LogP contribution in [0.25, 0.3) is 10.8 Å². The van der Waals surface area contributed by atoms with E-state index in [1.165, 1.54) is 48.5 Å². The second-order valence-corrected chi connectivity index (χ2v) is 9.88. The number of fused-ring (bicyclic) bond motifs is 1. The summed E-state index contributed by atoms with van der Waals surface area (Å²) in [6.07, 6.45) is 0. The first-order valence-electron chi connectivity index (χ1n) is 8.73. The molecule has 9 nitrogen and oxygen atoms in total. The molecule has 0 aliphatic rings. The molecule has 0 heterocycles. The molecule has 3 aromatic carbocycles. The molecular weight excluding hydrogens is 453 g/mol. The standard InChI is InChI=1S/C19H19N3O6S2.Na/c1-12(2)22-29(24,25)15-6-4-14(5-7-15)20-21-19-17-9-8-16(30(26,27)28)11-13(17)3-10-18(19)23;/h3-12,22-23H,1-2H3,(H,26,27,28);/q;+1/p-1. The van der Waals surface area contributed by atoms with E-state index in [-0.39, 0.29) is 51.1 Å². The molecule has 3 aromatic rings. The van der Waals surface area contributed by atoms with Crippen LogP contribution in [0, 0.1) is 0 Å². The Morgan fingerprint density at radius 3 is 2.10 bits per heavy atom. The molecule has 12 heteroatoms. The van der Waals surface area contributed by atoms with Crippen LogP contribution in [0.15, 0.2) is 74.6 Å². The number of benzene rings is 3. The Labute approximate surface area is 202 Å². The summed E-state index contributed by atoms with van der Waals surface area (Å²) in [5.41, 5.74) is 0.317. The number of rotatable bonds is 6. The summed E-state index contributed by atoms with van der Waals surface area (Å²) in [4.78, 5) is -0.231. The SMILES string of the molecule is CC(C)NS(=O)(=O)c1ccc(N=Nc2c([O-])ccc3cc(S(=O)(=O)O)ccc23)cc1.[Na+]. The Kier molecular flexibility index (Phi) is 7.98. The van der Waals surface area contributed by atoms with Gasteiger partial charge in [0, 0.05) is 11.4 Å². The Bertz CT molecular complexity index is 1340. The van der Waals surface area contributed by atoms with Crippen molar-refractivity contribution < 1.29 is 56.1 Å².